The number of allylic oxidation sites excluding steroid dienone is 2. The Labute approximate surface area is 81.6 Å². The summed E-state index contributed by atoms with van der Waals surface area (Å²) in [7, 11) is 0. The molecule has 0 aromatic rings. The van der Waals surface area contributed by atoms with Crippen LogP contribution in [0.3, 0.4) is 0 Å². The minimum absolute atomic E-state index is 0.0413. The van der Waals surface area contributed by atoms with Crippen molar-refractivity contribution in [2.75, 3.05) is 0 Å². The summed E-state index contributed by atoms with van der Waals surface area (Å²) in [6.45, 7) is 1.65. The molecule has 0 heterocycles. The molecule has 4 heteroatoms. The molecule has 0 radical (unpaired) electrons. The second kappa shape index (κ2) is 4.24. The topological polar surface area (TPSA) is 20.2 Å². The van der Waals surface area contributed by atoms with Crippen LogP contribution in [0.15, 0.2) is 11.8 Å². The maximum Gasteiger partial charge on any atom is 0.391 e. The van der Waals surface area contributed by atoms with Gasteiger partial charge in [-0.15, -0.1) is 0 Å². The van der Waals surface area contributed by atoms with Gasteiger partial charge in [-0.25, -0.2) is 0 Å². The predicted octanol–water partition coefficient (Wildman–Crippen LogP) is 3.82. The van der Waals surface area contributed by atoms with E-state index >= 15 is 0 Å². The van der Waals surface area contributed by atoms with E-state index in [-0.39, 0.29) is 24.5 Å². The van der Waals surface area contributed by atoms with Crippen LogP contribution in [0.4, 0.5) is 13.2 Å². The number of rotatable bonds is 1. The SMILES string of the molecule is CC=C(O)C1CCCC(C(F)(F)F)C1. The fourth-order valence-corrected chi connectivity index (χ4v) is 1.99. The number of aliphatic hydroxyl groups excluding tert-OH is 1. The molecule has 1 saturated carbocycles. The van der Waals surface area contributed by atoms with E-state index in [9.17, 15) is 18.3 Å². The molecule has 1 aliphatic rings. The summed E-state index contributed by atoms with van der Waals surface area (Å²) in [5, 5.41) is 9.36. The molecule has 1 nitrogen and oxygen atoms in total. The quantitative estimate of drug-likeness (QED) is 0.649. The first-order valence-electron chi connectivity index (χ1n) is 4.87. The monoisotopic (exact) mass is 208 g/mol. The molecule has 0 aromatic heterocycles. The van der Waals surface area contributed by atoms with Crippen molar-refractivity contribution in [1.29, 1.82) is 0 Å². The fraction of sp³-hybridized carbons (Fsp3) is 0.800. The average molecular weight is 208 g/mol. The Bertz CT molecular complexity index is 220. The van der Waals surface area contributed by atoms with E-state index < -0.39 is 12.1 Å². The van der Waals surface area contributed by atoms with Crippen LogP contribution in [0.25, 0.3) is 0 Å². The molecule has 1 rings (SSSR count). The number of alkyl halides is 3. The number of hydrogen-bond acceptors (Lipinski definition) is 1. The molecule has 82 valence electrons. The van der Waals surface area contributed by atoms with E-state index in [0.29, 0.717) is 12.8 Å². The van der Waals surface area contributed by atoms with Gasteiger partial charge in [-0.1, -0.05) is 6.42 Å². The molecule has 0 amide bonds. The van der Waals surface area contributed by atoms with E-state index in [1.54, 1.807) is 6.92 Å². The molecule has 1 fully saturated rings. The summed E-state index contributed by atoms with van der Waals surface area (Å²) < 4.78 is 37.1. The van der Waals surface area contributed by atoms with Gasteiger partial charge in [0.2, 0.25) is 0 Å². The highest BCUT2D eigenvalue weighted by Crippen LogP contribution is 2.41. The van der Waals surface area contributed by atoms with Crippen molar-refractivity contribution in [2.24, 2.45) is 11.8 Å². The van der Waals surface area contributed by atoms with Crippen molar-refractivity contribution < 1.29 is 18.3 Å². The van der Waals surface area contributed by atoms with Crippen LogP contribution in [0, 0.1) is 11.8 Å². The summed E-state index contributed by atoms with van der Waals surface area (Å²) in [6.07, 6.45) is -1.15. The smallest absolute Gasteiger partial charge is 0.391 e. The highest BCUT2D eigenvalue weighted by atomic mass is 19.4. The van der Waals surface area contributed by atoms with Crippen molar-refractivity contribution in [3.05, 3.63) is 11.8 Å². The standard InChI is InChI=1S/C10H15F3O/c1-2-9(14)7-4-3-5-8(6-7)10(11,12)13/h2,7-8,14H,3-6H2,1H3. The van der Waals surface area contributed by atoms with Crippen LogP contribution in [0.2, 0.25) is 0 Å². The second-order valence-electron chi connectivity index (χ2n) is 3.82. The van der Waals surface area contributed by atoms with Crippen molar-refractivity contribution in [3.63, 3.8) is 0 Å². The largest absolute Gasteiger partial charge is 0.512 e. The van der Waals surface area contributed by atoms with Gasteiger partial charge in [0, 0.05) is 5.92 Å². The van der Waals surface area contributed by atoms with Gasteiger partial charge in [0.1, 0.15) is 0 Å². The number of aliphatic hydroxyl groups is 1. The molecule has 1 aliphatic carbocycles. The Morgan fingerprint density at radius 1 is 1.36 bits per heavy atom. The molecule has 0 aromatic carbocycles. The fourth-order valence-electron chi connectivity index (χ4n) is 1.99. The minimum atomic E-state index is -4.10. The Balaban J connectivity index is 2.61. The number of halogens is 3. The molecule has 0 spiro atoms. The average Bonchev–Trinajstić information content (AvgIpc) is 2.15. The first-order chi connectivity index (χ1) is 6.45. The first kappa shape index (κ1) is 11.4. The van der Waals surface area contributed by atoms with Crippen LogP contribution in [0.1, 0.15) is 32.6 Å². The van der Waals surface area contributed by atoms with Gasteiger partial charge in [-0.05, 0) is 32.3 Å². The lowest BCUT2D eigenvalue weighted by Crippen LogP contribution is -2.29. The van der Waals surface area contributed by atoms with Crippen molar-refractivity contribution >= 4 is 0 Å². The zero-order chi connectivity index (χ0) is 10.8. The van der Waals surface area contributed by atoms with E-state index in [4.69, 9.17) is 0 Å². The number of hydrogen-bond donors (Lipinski definition) is 1. The van der Waals surface area contributed by atoms with E-state index in [0.717, 1.165) is 0 Å². The summed E-state index contributed by atoms with van der Waals surface area (Å²) in [5.41, 5.74) is 0. The highest BCUT2D eigenvalue weighted by Gasteiger charge is 2.42. The summed E-state index contributed by atoms with van der Waals surface area (Å²) in [4.78, 5) is 0. The minimum Gasteiger partial charge on any atom is -0.512 e. The molecule has 0 saturated heterocycles. The molecule has 1 N–H and O–H groups in total. The Kier molecular flexibility index (Phi) is 3.45. The maximum atomic E-state index is 12.4. The normalized spacial score (nSPS) is 30.4. The van der Waals surface area contributed by atoms with Crippen molar-refractivity contribution in [3.8, 4) is 0 Å². The molecule has 2 unspecified atom stereocenters. The summed E-state index contributed by atoms with van der Waals surface area (Å²) in [5.74, 6) is -1.41. The molecular formula is C10H15F3O. The molecule has 14 heavy (non-hydrogen) atoms. The van der Waals surface area contributed by atoms with E-state index in [1.165, 1.54) is 6.08 Å². The van der Waals surface area contributed by atoms with Crippen LogP contribution < -0.4 is 0 Å². The van der Waals surface area contributed by atoms with Crippen LogP contribution in [-0.2, 0) is 0 Å². The van der Waals surface area contributed by atoms with Gasteiger partial charge < -0.3 is 5.11 Å². The lowest BCUT2D eigenvalue weighted by atomic mass is 9.80. The third-order valence-corrected chi connectivity index (χ3v) is 2.85. The van der Waals surface area contributed by atoms with E-state index in [2.05, 4.69) is 0 Å². The summed E-state index contributed by atoms with van der Waals surface area (Å²) in [6, 6.07) is 0. The van der Waals surface area contributed by atoms with Crippen LogP contribution in [0.5, 0.6) is 0 Å². The third-order valence-electron chi connectivity index (χ3n) is 2.85. The maximum absolute atomic E-state index is 12.4. The lowest BCUT2D eigenvalue weighted by Gasteiger charge is -2.30. The highest BCUT2D eigenvalue weighted by molar-refractivity contribution is 4.98. The third kappa shape index (κ3) is 2.66. The predicted molar refractivity (Wildman–Crippen MR) is 47.9 cm³/mol. The molecule has 0 bridgehead atoms. The van der Waals surface area contributed by atoms with Gasteiger partial charge in [0.25, 0.3) is 0 Å². The van der Waals surface area contributed by atoms with Crippen LogP contribution >= 0.6 is 0 Å². The van der Waals surface area contributed by atoms with Crippen molar-refractivity contribution in [2.45, 2.75) is 38.8 Å². The van der Waals surface area contributed by atoms with Crippen LogP contribution in [-0.4, -0.2) is 11.3 Å². The van der Waals surface area contributed by atoms with Gasteiger partial charge in [0.05, 0.1) is 11.7 Å². The Morgan fingerprint density at radius 2 is 2.00 bits per heavy atom. The molecule has 0 aliphatic heterocycles. The Hall–Kier alpha value is -0.670. The molecular weight excluding hydrogens is 193 g/mol. The van der Waals surface area contributed by atoms with Gasteiger partial charge >= 0.3 is 6.18 Å². The van der Waals surface area contributed by atoms with Gasteiger partial charge in [-0.3, -0.25) is 0 Å². The van der Waals surface area contributed by atoms with Crippen molar-refractivity contribution in [1.82, 2.24) is 0 Å². The van der Waals surface area contributed by atoms with Gasteiger partial charge in [0.15, 0.2) is 0 Å². The summed E-state index contributed by atoms with van der Waals surface area (Å²) >= 11 is 0. The first-order valence-corrected chi connectivity index (χ1v) is 4.87. The zero-order valence-electron chi connectivity index (χ0n) is 8.14. The van der Waals surface area contributed by atoms with Gasteiger partial charge in [-0.2, -0.15) is 13.2 Å². The zero-order valence-corrected chi connectivity index (χ0v) is 8.14. The lowest BCUT2D eigenvalue weighted by molar-refractivity contribution is -0.185. The second-order valence-corrected chi connectivity index (χ2v) is 3.82. The molecule has 2 atom stereocenters. The Morgan fingerprint density at radius 3 is 2.50 bits per heavy atom. The van der Waals surface area contributed by atoms with E-state index in [1.807, 2.05) is 0 Å².